The molecule has 1 aliphatic rings. The average Bonchev–Trinajstić information content (AvgIpc) is 3.29. The number of carbonyl (C=O) groups is 1. The van der Waals surface area contributed by atoms with Crippen LogP contribution in [0.5, 0.6) is 0 Å². The fourth-order valence-electron chi connectivity index (χ4n) is 3.55. The third-order valence-electron chi connectivity index (χ3n) is 5.08. The molecule has 1 fully saturated rings. The summed E-state index contributed by atoms with van der Waals surface area (Å²) in [5, 5.41) is 4.90. The number of hydrogen-bond acceptors (Lipinski definition) is 6. The number of ether oxygens (including phenoxy) is 1. The van der Waals surface area contributed by atoms with E-state index in [0.29, 0.717) is 12.2 Å². The molecule has 0 radical (unpaired) electrons. The summed E-state index contributed by atoms with van der Waals surface area (Å²) in [5.74, 6) is -0.0679. The summed E-state index contributed by atoms with van der Waals surface area (Å²) in [4.78, 5) is 22.3. The lowest BCUT2D eigenvalue weighted by atomic mass is 10.1. The number of benzene rings is 1. The van der Waals surface area contributed by atoms with Gasteiger partial charge in [-0.3, -0.25) is 19.3 Å². The molecule has 4 rings (SSSR count). The van der Waals surface area contributed by atoms with Crippen LogP contribution in [0.2, 0.25) is 0 Å². The number of nitrogens with zero attached hydrogens (tertiary/aromatic N) is 5. The minimum absolute atomic E-state index is 0.0679. The van der Waals surface area contributed by atoms with Gasteiger partial charge in [0.05, 0.1) is 23.4 Å². The van der Waals surface area contributed by atoms with Gasteiger partial charge in [-0.2, -0.15) is 5.10 Å². The number of aryl methyl sites for hydroxylation is 3. The maximum absolute atomic E-state index is 13.3. The normalized spacial score (nSPS) is 15.2. The van der Waals surface area contributed by atoms with Crippen LogP contribution < -0.4 is 4.90 Å². The molecular formula is C20H25N5O2S. The van der Waals surface area contributed by atoms with E-state index in [0.717, 1.165) is 53.8 Å². The van der Waals surface area contributed by atoms with Crippen molar-refractivity contribution >= 4 is 32.6 Å². The van der Waals surface area contributed by atoms with Gasteiger partial charge in [0.25, 0.3) is 5.91 Å². The lowest BCUT2D eigenvalue weighted by Crippen LogP contribution is -2.43. The molecule has 0 saturated carbocycles. The Balaban J connectivity index is 1.66. The number of fused-ring (bicyclic) bond motifs is 1. The summed E-state index contributed by atoms with van der Waals surface area (Å²) in [7, 11) is 1.79. The van der Waals surface area contributed by atoms with E-state index in [1.54, 1.807) is 40.2 Å². The predicted molar refractivity (Wildman–Crippen MR) is 111 cm³/mol. The molecule has 0 aliphatic carbocycles. The molecule has 0 atom stereocenters. The number of carbonyl (C=O) groups excluding carboxylic acids is 1. The monoisotopic (exact) mass is 399 g/mol. The minimum Gasteiger partial charge on any atom is -0.379 e. The Morgan fingerprint density at radius 2 is 2.07 bits per heavy atom. The summed E-state index contributed by atoms with van der Waals surface area (Å²) in [6, 6.07) is 6.03. The second kappa shape index (κ2) is 7.98. The molecule has 0 bridgehead atoms. The second-order valence-corrected chi connectivity index (χ2v) is 8.18. The van der Waals surface area contributed by atoms with Crippen LogP contribution in [0, 0.1) is 13.8 Å². The molecule has 0 unspecified atom stereocenters. The first-order chi connectivity index (χ1) is 13.5. The average molecular weight is 400 g/mol. The molecule has 1 aromatic carbocycles. The molecule has 148 valence electrons. The Kier molecular flexibility index (Phi) is 5.43. The van der Waals surface area contributed by atoms with Crippen molar-refractivity contribution < 1.29 is 9.53 Å². The van der Waals surface area contributed by atoms with Crippen LogP contribution in [0.4, 0.5) is 5.13 Å². The van der Waals surface area contributed by atoms with E-state index in [1.807, 2.05) is 0 Å². The summed E-state index contributed by atoms with van der Waals surface area (Å²) in [6.07, 6.45) is 1.65. The fourth-order valence-corrected chi connectivity index (χ4v) is 4.71. The van der Waals surface area contributed by atoms with Crippen LogP contribution in [-0.2, 0) is 11.8 Å². The van der Waals surface area contributed by atoms with Crippen LogP contribution in [0.3, 0.4) is 0 Å². The van der Waals surface area contributed by atoms with Gasteiger partial charge >= 0.3 is 0 Å². The molecule has 0 spiro atoms. The van der Waals surface area contributed by atoms with Gasteiger partial charge < -0.3 is 4.74 Å². The predicted octanol–water partition coefficient (Wildman–Crippen LogP) is 2.63. The first-order valence-electron chi connectivity index (χ1n) is 9.50. The molecule has 1 saturated heterocycles. The lowest BCUT2D eigenvalue weighted by molar-refractivity contribution is 0.0391. The van der Waals surface area contributed by atoms with Gasteiger partial charge in [-0.15, -0.1) is 0 Å². The molecule has 2 aromatic heterocycles. The van der Waals surface area contributed by atoms with Gasteiger partial charge in [0.1, 0.15) is 5.69 Å². The van der Waals surface area contributed by atoms with E-state index in [4.69, 9.17) is 9.72 Å². The second-order valence-electron chi connectivity index (χ2n) is 7.18. The van der Waals surface area contributed by atoms with Gasteiger partial charge in [-0.25, -0.2) is 4.98 Å². The van der Waals surface area contributed by atoms with Crippen molar-refractivity contribution in [3.63, 3.8) is 0 Å². The molecule has 28 heavy (non-hydrogen) atoms. The van der Waals surface area contributed by atoms with Crippen molar-refractivity contribution in [2.24, 2.45) is 7.05 Å². The number of thiazole rings is 1. The highest BCUT2D eigenvalue weighted by Gasteiger charge is 2.25. The quantitative estimate of drug-likeness (QED) is 0.660. The van der Waals surface area contributed by atoms with E-state index in [2.05, 4.69) is 36.0 Å². The van der Waals surface area contributed by atoms with E-state index >= 15 is 0 Å². The highest BCUT2D eigenvalue weighted by atomic mass is 32.1. The van der Waals surface area contributed by atoms with Crippen molar-refractivity contribution in [2.45, 2.75) is 13.8 Å². The van der Waals surface area contributed by atoms with Gasteiger partial charge in [-0.1, -0.05) is 17.4 Å². The van der Waals surface area contributed by atoms with Crippen molar-refractivity contribution in [1.82, 2.24) is 19.7 Å². The first-order valence-corrected chi connectivity index (χ1v) is 10.3. The number of anilines is 1. The smallest absolute Gasteiger partial charge is 0.278 e. The number of amides is 1. The number of aromatic nitrogens is 3. The zero-order chi connectivity index (χ0) is 19.7. The van der Waals surface area contributed by atoms with Crippen molar-refractivity contribution in [1.29, 1.82) is 0 Å². The third-order valence-corrected chi connectivity index (χ3v) is 6.10. The summed E-state index contributed by atoms with van der Waals surface area (Å²) in [6.45, 7) is 8.81. The van der Waals surface area contributed by atoms with Crippen LogP contribution >= 0.6 is 11.3 Å². The third kappa shape index (κ3) is 3.80. The number of morpholine rings is 1. The van der Waals surface area contributed by atoms with Crippen LogP contribution in [0.1, 0.15) is 21.6 Å². The lowest BCUT2D eigenvalue weighted by Gasteiger charge is -2.29. The summed E-state index contributed by atoms with van der Waals surface area (Å²) in [5.41, 5.74) is 3.88. The number of rotatable bonds is 5. The van der Waals surface area contributed by atoms with Gasteiger partial charge in [-0.05, 0) is 37.1 Å². The SMILES string of the molecule is Cc1cc(C)c2nc(N(CCN3CCOCC3)C(=O)c3ccnn3C)sc2c1. The Morgan fingerprint density at radius 3 is 2.79 bits per heavy atom. The number of hydrogen-bond donors (Lipinski definition) is 0. The molecule has 8 heteroatoms. The summed E-state index contributed by atoms with van der Waals surface area (Å²) >= 11 is 1.57. The van der Waals surface area contributed by atoms with Gasteiger partial charge in [0.15, 0.2) is 5.13 Å². The first kappa shape index (κ1) is 19.0. The molecule has 7 nitrogen and oxygen atoms in total. The fraction of sp³-hybridized carbons (Fsp3) is 0.450. The highest BCUT2D eigenvalue weighted by Crippen LogP contribution is 2.32. The molecule has 3 heterocycles. The largest absolute Gasteiger partial charge is 0.379 e. The standard InChI is InChI=1S/C20H25N5O2S/c1-14-12-15(2)18-17(13-14)28-20(22-18)25(7-6-24-8-10-27-11-9-24)19(26)16-4-5-21-23(16)3/h4-5,12-13H,6-11H2,1-3H3. The van der Waals surface area contributed by atoms with E-state index in [1.165, 1.54) is 5.56 Å². The maximum Gasteiger partial charge on any atom is 0.278 e. The van der Waals surface area contributed by atoms with Crippen LogP contribution in [0.25, 0.3) is 10.2 Å². The Labute approximate surface area is 168 Å². The Bertz CT molecular complexity index is 990. The highest BCUT2D eigenvalue weighted by molar-refractivity contribution is 7.22. The maximum atomic E-state index is 13.3. The zero-order valence-corrected chi connectivity index (χ0v) is 17.3. The topological polar surface area (TPSA) is 63.5 Å². The Morgan fingerprint density at radius 1 is 1.29 bits per heavy atom. The van der Waals surface area contributed by atoms with Crippen molar-refractivity contribution in [3.8, 4) is 0 Å². The zero-order valence-electron chi connectivity index (χ0n) is 16.5. The molecule has 1 amide bonds. The van der Waals surface area contributed by atoms with Crippen LogP contribution in [-0.4, -0.2) is 65.0 Å². The van der Waals surface area contributed by atoms with E-state index in [-0.39, 0.29) is 5.91 Å². The molecule has 3 aromatic rings. The van der Waals surface area contributed by atoms with Gasteiger partial charge in [0, 0.05) is 39.4 Å². The van der Waals surface area contributed by atoms with Crippen LogP contribution in [0.15, 0.2) is 24.4 Å². The molecular weight excluding hydrogens is 374 g/mol. The van der Waals surface area contributed by atoms with Gasteiger partial charge in [0.2, 0.25) is 0 Å². The molecule has 0 N–H and O–H groups in total. The van der Waals surface area contributed by atoms with Crippen molar-refractivity contribution in [2.75, 3.05) is 44.3 Å². The van der Waals surface area contributed by atoms with E-state index < -0.39 is 0 Å². The Hall–Kier alpha value is -2.29. The van der Waals surface area contributed by atoms with E-state index in [9.17, 15) is 4.79 Å². The minimum atomic E-state index is -0.0679. The van der Waals surface area contributed by atoms with Crippen molar-refractivity contribution in [3.05, 3.63) is 41.2 Å². The summed E-state index contributed by atoms with van der Waals surface area (Å²) < 4.78 is 8.16. The molecule has 1 aliphatic heterocycles.